The summed E-state index contributed by atoms with van der Waals surface area (Å²) in [5.74, 6) is 0.812. The highest BCUT2D eigenvalue weighted by Crippen LogP contribution is 2.29. The summed E-state index contributed by atoms with van der Waals surface area (Å²) in [6.07, 6.45) is 4.11. The number of carbonyl (C=O) groups excluding carboxylic acids is 1. The molecule has 0 radical (unpaired) electrons. The molecular weight excluding hydrogens is 396 g/mol. The Hall–Kier alpha value is -2.93. The molecule has 0 bridgehead atoms. The molecule has 4 aromatic rings. The minimum atomic E-state index is -0.106. The van der Waals surface area contributed by atoms with Crippen molar-refractivity contribution in [1.29, 1.82) is 0 Å². The fourth-order valence-electron chi connectivity index (χ4n) is 4.54. The lowest BCUT2D eigenvalue weighted by Gasteiger charge is -2.26. The van der Waals surface area contributed by atoms with Crippen LogP contribution in [0.3, 0.4) is 0 Å². The standard InChI is InChI=1S/C23H24N4O2S/c1-15-25-26(23(29)20-14-21-19(27(15)20)11-13-30-21)12-5-10-22(28)24-18-9-4-7-16-6-2-3-8-17(16)18/h2-3,6,8,11,13-14,18H,4-5,7,9-10,12H2,1H3,(H,24,28)/t18-/m0/s1. The molecule has 0 aliphatic heterocycles. The summed E-state index contributed by atoms with van der Waals surface area (Å²) in [6, 6.07) is 12.4. The van der Waals surface area contributed by atoms with E-state index in [1.54, 1.807) is 11.3 Å². The first-order valence-corrected chi connectivity index (χ1v) is 11.3. The molecule has 30 heavy (non-hydrogen) atoms. The molecule has 0 unspecified atom stereocenters. The lowest BCUT2D eigenvalue weighted by atomic mass is 9.87. The zero-order valence-electron chi connectivity index (χ0n) is 16.9. The molecule has 3 aromatic heterocycles. The third-order valence-corrected chi connectivity index (χ3v) is 6.80. The van der Waals surface area contributed by atoms with Gasteiger partial charge in [0.05, 0.1) is 16.3 Å². The van der Waals surface area contributed by atoms with Crippen molar-refractivity contribution in [3.8, 4) is 0 Å². The summed E-state index contributed by atoms with van der Waals surface area (Å²) in [6.45, 7) is 2.34. The zero-order valence-corrected chi connectivity index (χ0v) is 17.7. The first-order valence-electron chi connectivity index (χ1n) is 10.5. The van der Waals surface area contributed by atoms with Crippen LogP contribution < -0.4 is 10.9 Å². The number of nitrogens with zero attached hydrogens (tertiary/aromatic N) is 3. The SMILES string of the molecule is Cc1nn(CCCC(=O)N[C@H]2CCCc3ccccc32)c(=O)c2cc3sccc3n12. The van der Waals surface area contributed by atoms with E-state index in [-0.39, 0.29) is 17.5 Å². The number of fused-ring (bicyclic) bond motifs is 4. The molecule has 1 amide bonds. The van der Waals surface area contributed by atoms with Gasteiger partial charge in [0.25, 0.3) is 5.56 Å². The van der Waals surface area contributed by atoms with E-state index in [2.05, 4.69) is 28.6 Å². The topological polar surface area (TPSA) is 68.4 Å². The smallest absolute Gasteiger partial charge is 0.291 e. The first-order chi connectivity index (χ1) is 14.6. The number of hydrogen-bond acceptors (Lipinski definition) is 4. The van der Waals surface area contributed by atoms with Crippen LogP contribution in [-0.2, 0) is 17.8 Å². The molecule has 154 valence electrons. The van der Waals surface area contributed by atoms with Crippen molar-refractivity contribution in [2.45, 2.75) is 51.6 Å². The molecule has 3 heterocycles. The van der Waals surface area contributed by atoms with Crippen LogP contribution in [0.15, 0.2) is 46.6 Å². The van der Waals surface area contributed by atoms with Crippen molar-refractivity contribution in [3.05, 3.63) is 69.1 Å². The maximum Gasteiger partial charge on any atom is 0.291 e. The third kappa shape index (κ3) is 3.33. The Balaban J connectivity index is 1.26. The van der Waals surface area contributed by atoms with Crippen LogP contribution in [0.4, 0.5) is 0 Å². The van der Waals surface area contributed by atoms with Crippen LogP contribution in [0.5, 0.6) is 0 Å². The number of hydrogen-bond donors (Lipinski definition) is 1. The van der Waals surface area contributed by atoms with Crippen molar-refractivity contribution >= 4 is 33.0 Å². The minimum Gasteiger partial charge on any atom is -0.349 e. The average molecular weight is 421 g/mol. The fourth-order valence-corrected chi connectivity index (χ4v) is 5.34. The van der Waals surface area contributed by atoms with E-state index in [4.69, 9.17) is 0 Å². The molecule has 1 aliphatic carbocycles. The van der Waals surface area contributed by atoms with E-state index in [0.717, 1.165) is 35.3 Å². The van der Waals surface area contributed by atoms with Gasteiger partial charge in [0.1, 0.15) is 11.3 Å². The lowest BCUT2D eigenvalue weighted by Crippen LogP contribution is -2.31. The number of nitrogens with one attached hydrogen (secondary N) is 1. The Labute approximate surface area is 178 Å². The van der Waals surface area contributed by atoms with E-state index in [0.29, 0.717) is 24.9 Å². The summed E-state index contributed by atoms with van der Waals surface area (Å²) in [4.78, 5) is 25.4. The normalized spacial score (nSPS) is 16.1. The molecule has 1 atom stereocenters. The second-order valence-corrected chi connectivity index (χ2v) is 8.87. The quantitative estimate of drug-likeness (QED) is 0.531. The molecule has 0 fully saturated rings. The first kappa shape index (κ1) is 19.1. The Morgan fingerprint density at radius 2 is 2.13 bits per heavy atom. The van der Waals surface area contributed by atoms with Gasteiger partial charge in [-0.1, -0.05) is 24.3 Å². The molecule has 5 rings (SSSR count). The Kier molecular flexibility index (Phi) is 4.90. The number of rotatable bonds is 5. The van der Waals surface area contributed by atoms with E-state index < -0.39 is 0 Å². The maximum atomic E-state index is 12.9. The van der Waals surface area contributed by atoms with E-state index in [9.17, 15) is 9.59 Å². The predicted molar refractivity (Wildman–Crippen MR) is 119 cm³/mol. The number of thiophene rings is 1. The minimum absolute atomic E-state index is 0.0331. The monoisotopic (exact) mass is 420 g/mol. The summed E-state index contributed by atoms with van der Waals surface area (Å²) in [5.41, 5.74) is 4.14. The molecule has 0 spiro atoms. The number of aromatic nitrogens is 3. The van der Waals surface area contributed by atoms with Crippen molar-refractivity contribution in [2.24, 2.45) is 0 Å². The van der Waals surface area contributed by atoms with Crippen LogP contribution in [0, 0.1) is 6.92 Å². The molecule has 7 heteroatoms. The Bertz CT molecular complexity index is 1300. The number of carbonyl (C=O) groups is 1. The van der Waals surface area contributed by atoms with Crippen LogP contribution >= 0.6 is 11.3 Å². The van der Waals surface area contributed by atoms with E-state index >= 15 is 0 Å². The number of benzene rings is 1. The summed E-state index contributed by atoms with van der Waals surface area (Å²) >= 11 is 1.62. The van der Waals surface area contributed by atoms with Crippen LogP contribution in [0.1, 0.15) is 48.7 Å². The molecule has 1 aromatic carbocycles. The summed E-state index contributed by atoms with van der Waals surface area (Å²) in [5, 5.41) is 9.69. The highest BCUT2D eigenvalue weighted by atomic mass is 32.1. The van der Waals surface area contributed by atoms with Gasteiger partial charge in [-0.25, -0.2) is 4.68 Å². The van der Waals surface area contributed by atoms with E-state index in [1.807, 2.05) is 34.9 Å². The molecule has 0 saturated heterocycles. The van der Waals surface area contributed by atoms with Gasteiger partial charge < -0.3 is 5.32 Å². The lowest BCUT2D eigenvalue weighted by molar-refractivity contribution is -0.122. The van der Waals surface area contributed by atoms with Gasteiger partial charge >= 0.3 is 0 Å². The van der Waals surface area contributed by atoms with Crippen LogP contribution in [-0.4, -0.2) is 20.1 Å². The van der Waals surface area contributed by atoms with Crippen molar-refractivity contribution in [3.63, 3.8) is 0 Å². The zero-order chi connectivity index (χ0) is 20.7. The van der Waals surface area contributed by atoms with Gasteiger partial charge in [-0.2, -0.15) is 5.10 Å². The maximum absolute atomic E-state index is 12.9. The van der Waals surface area contributed by atoms with E-state index in [1.165, 1.54) is 15.8 Å². The largest absolute Gasteiger partial charge is 0.349 e. The number of aryl methyl sites for hydroxylation is 3. The molecule has 1 aliphatic rings. The van der Waals surface area contributed by atoms with Gasteiger partial charge in [0.2, 0.25) is 5.91 Å². The molecule has 1 N–H and O–H groups in total. The molecule has 0 saturated carbocycles. The number of amides is 1. The van der Waals surface area contributed by atoms with Crippen molar-refractivity contribution in [2.75, 3.05) is 0 Å². The van der Waals surface area contributed by atoms with Gasteiger partial charge in [-0.15, -0.1) is 11.3 Å². The van der Waals surface area contributed by atoms with Gasteiger partial charge in [0, 0.05) is 13.0 Å². The summed E-state index contributed by atoms with van der Waals surface area (Å²) in [7, 11) is 0. The van der Waals surface area contributed by atoms with Crippen molar-refractivity contribution < 1.29 is 4.79 Å². The second kappa shape index (κ2) is 7.72. The second-order valence-electron chi connectivity index (χ2n) is 7.93. The van der Waals surface area contributed by atoms with Crippen molar-refractivity contribution in [1.82, 2.24) is 19.5 Å². The highest BCUT2D eigenvalue weighted by molar-refractivity contribution is 7.17. The molecular formula is C23H24N4O2S. The predicted octanol–water partition coefficient (Wildman–Crippen LogP) is 3.99. The Morgan fingerprint density at radius 1 is 1.27 bits per heavy atom. The summed E-state index contributed by atoms with van der Waals surface area (Å²) < 4.78 is 4.50. The van der Waals surface area contributed by atoms with Gasteiger partial charge in [0.15, 0.2) is 0 Å². The average Bonchev–Trinajstić information content (AvgIpc) is 3.33. The molecule has 6 nitrogen and oxygen atoms in total. The fraction of sp³-hybridized carbons (Fsp3) is 0.348. The van der Waals surface area contributed by atoms with Crippen LogP contribution in [0.25, 0.3) is 15.7 Å². The van der Waals surface area contributed by atoms with Gasteiger partial charge in [-0.3, -0.25) is 14.0 Å². The van der Waals surface area contributed by atoms with Gasteiger partial charge in [-0.05, 0) is 61.2 Å². The highest BCUT2D eigenvalue weighted by Gasteiger charge is 2.21. The Morgan fingerprint density at radius 3 is 3.03 bits per heavy atom. The van der Waals surface area contributed by atoms with Crippen LogP contribution in [0.2, 0.25) is 0 Å². The third-order valence-electron chi connectivity index (χ3n) is 5.94.